The van der Waals surface area contributed by atoms with Gasteiger partial charge in [-0.2, -0.15) is 14.8 Å². The lowest BCUT2D eigenvalue weighted by Gasteiger charge is -2.43. The van der Waals surface area contributed by atoms with Gasteiger partial charge in [0.2, 0.25) is 5.95 Å². The maximum absolute atomic E-state index is 9.76. The van der Waals surface area contributed by atoms with Crippen LogP contribution in [0.2, 0.25) is 0 Å². The molecule has 39 heavy (non-hydrogen) atoms. The third-order valence-corrected chi connectivity index (χ3v) is 8.93. The SMILES string of the molecule is N#Cc1cc(-c2ncnc(Nc3ccc(N4CCN(C5COC5)CC4)cc3)n2)ccc1OC1CC[S+](O)CC1. The lowest BCUT2D eigenvalue weighted by atomic mass is 10.1. The van der Waals surface area contributed by atoms with Gasteiger partial charge >= 0.3 is 0 Å². The zero-order chi connectivity index (χ0) is 26.6. The lowest BCUT2D eigenvalue weighted by molar-refractivity contribution is -0.0660. The van der Waals surface area contributed by atoms with Crippen LogP contribution in [0.4, 0.5) is 17.3 Å². The Bertz CT molecular complexity index is 1320. The van der Waals surface area contributed by atoms with Crippen molar-refractivity contribution in [1.82, 2.24) is 19.9 Å². The summed E-state index contributed by atoms with van der Waals surface area (Å²) in [5.74, 6) is 2.97. The number of piperazine rings is 1. The molecular formula is C28H32N7O3S+. The molecular weight excluding hydrogens is 514 g/mol. The molecule has 0 bridgehead atoms. The first kappa shape index (κ1) is 25.8. The van der Waals surface area contributed by atoms with Gasteiger partial charge in [-0.3, -0.25) is 4.90 Å². The van der Waals surface area contributed by atoms with Crippen molar-refractivity contribution in [2.45, 2.75) is 25.0 Å². The smallest absolute Gasteiger partial charge is 0.230 e. The Kier molecular flexibility index (Phi) is 7.78. The third kappa shape index (κ3) is 6.09. The minimum absolute atomic E-state index is 0.0188. The fraction of sp³-hybridized carbons (Fsp3) is 0.429. The molecule has 0 aliphatic carbocycles. The predicted octanol–water partition coefficient (Wildman–Crippen LogP) is 3.31. The topological polar surface area (TPSA) is 120 Å². The monoisotopic (exact) mass is 546 g/mol. The minimum Gasteiger partial charge on any atom is -0.489 e. The second-order valence-corrected chi connectivity index (χ2v) is 11.8. The number of anilines is 3. The van der Waals surface area contributed by atoms with Crippen LogP contribution in [0, 0.1) is 11.3 Å². The zero-order valence-electron chi connectivity index (χ0n) is 21.7. The van der Waals surface area contributed by atoms with Crippen molar-refractivity contribution in [3.63, 3.8) is 0 Å². The first-order chi connectivity index (χ1) is 19.1. The molecule has 11 heteroatoms. The number of benzene rings is 2. The Hall–Kier alpha value is -3.43. The van der Waals surface area contributed by atoms with E-state index in [9.17, 15) is 9.81 Å². The zero-order valence-corrected chi connectivity index (χ0v) is 22.5. The van der Waals surface area contributed by atoms with E-state index in [-0.39, 0.29) is 6.10 Å². The van der Waals surface area contributed by atoms with E-state index in [2.05, 4.69) is 48.3 Å². The van der Waals surface area contributed by atoms with Gasteiger partial charge in [-0.25, -0.2) is 9.97 Å². The van der Waals surface area contributed by atoms with Gasteiger partial charge in [0.25, 0.3) is 0 Å². The summed E-state index contributed by atoms with van der Waals surface area (Å²) in [6.07, 6.45) is 3.08. The second-order valence-electron chi connectivity index (χ2n) is 10.0. The van der Waals surface area contributed by atoms with E-state index in [1.807, 2.05) is 18.2 Å². The molecule has 202 valence electrons. The van der Waals surface area contributed by atoms with Crippen molar-refractivity contribution in [2.24, 2.45) is 0 Å². The molecule has 0 amide bonds. The van der Waals surface area contributed by atoms with Crippen LogP contribution < -0.4 is 15.0 Å². The minimum atomic E-state index is -0.506. The summed E-state index contributed by atoms with van der Waals surface area (Å²) in [6, 6.07) is 16.6. The van der Waals surface area contributed by atoms with Gasteiger partial charge in [0, 0.05) is 56.0 Å². The molecule has 0 unspecified atom stereocenters. The normalized spacial score (nSPS) is 22.1. The van der Waals surface area contributed by atoms with E-state index in [1.165, 1.54) is 12.0 Å². The summed E-state index contributed by atoms with van der Waals surface area (Å²) in [6.45, 7) is 5.88. The van der Waals surface area contributed by atoms with E-state index >= 15 is 0 Å². The van der Waals surface area contributed by atoms with Gasteiger partial charge in [0.05, 0.1) is 24.8 Å². The molecule has 0 saturated carbocycles. The van der Waals surface area contributed by atoms with Gasteiger partial charge < -0.3 is 19.7 Å². The summed E-state index contributed by atoms with van der Waals surface area (Å²) in [5.41, 5.74) is 3.25. The fourth-order valence-corrected chi connectivity index (χ4v) is 6.37. The summed E-state index contributed by atoms with van der Waals surface area (Å²) in [5, 5.41) is 13.0. The van der Waals surface area contributed by atoms with Crippen molar-refractivity contribution in [1.29, 1.82) is 5.26 Å². The van der Waals surface area contributed by atoms with Crippen molar-refractivity contribution in [3.05, 3.63) is 54.4 Å². The molecule has 0 spiro atoms. The number of nitrogens with zero attached hydrogens (tertiary/aromatic N) is 6. The van der Waals surface area contributed by atoms with Gasteiger partial charge in [0.1, 0.15) is 46.9 Å². The number of nitriles is 1. The molecule has 2 N–H and O–H groups in total. The van der Waals surface area contributed by atoms with E-state index in [0.717, 1.165) is 69.4 Å². The predicted molar refractivity (Wildman–Crippen MR) is 151 cm³/mol. The van der Waals surface area contributed by atoms with E-state index in [1.54, 1.807) is 12.1 Å². The molecule has 2 aromatic carbocycles. The number of ether oxygens (including phenoxy) is 2. The number of hydrogen-bond donors (Lipinski definition) is 2. The highest BCUT2D eigenvalue weighted by Crippen LogP contribution is 2.28. The Morgan fingerprint density at radius 1 is 1.03 bits per heavy atom. The Labute approximate surface area is 231 Å². The highest BCUT2D eigenvalue weighted by atomic mass is 32.2. The quantitative estimate of drug-likeness (QED) is 0.427. The summed E-state index contributed by atoms with van der Waals surface area (Å²) in [7, 11) is 0. The van der Waals surface area contributed by atoms with E-state index in [4.69, 9.17) is 9.47 Å². The second kappa shape index (κ2) is 11.8. The third-order valence-electron chi connectivity index (χ3n) is 7.51. The first-order valence-electron chi connectivity index (χ1n) is 13.4. The van der Waals surface area contributed by atoms with Gasteiger partial charge in [-0.05, 0) is 42.5 Å². The number of rotatable bonds is 7. The van der Waals surface area contributed by atoms with Gasteiger partial charge in [0.15, 0.2) is 5.82 Å². The Balaban J connectivity index is 1.09. The summed E-state index contributed by atoms with van der Waals surface area (Å²) < 4.78 is 21.2. The average molecular weight is 547 g/mol. The fourth-order valence-electron chi connectivity index (χ4n) is 5.10. The van der Waals surface area contributed by atoms with Crippen LogP contribution in [0.1, 0.15) is 18.4 Å². The van der Waals surface area contributed by atoms with Crippen LogP contribution in [0.25, 0.3) is 11.4 Å². The van der Waals surface area contributed by atoms with Crippen molar-refractivity contribution in [2.75, 3.05) is 61.1 Å². The summed E-state index contributed by atoms with van der Waals surface area (Å²) >= 11 is -0.506. The first-order valence-corrected chi connectivity index (χ1v) is 14.9. The van der Waals surface area contributed by atoms with Crippen LogP contribution in [0.5, 0.6) is 5.75 Å². The lowest BCUT2D eigenvalue weighted by Crippen LogP contribution is -2.56. The highest BCUT2D eigenvalue weighted by molar-refractivity contribution is 7.91. The molecule has 6 rings (SSSR count). The molecule has 3 saturated heterocycles. The van der Waals surface area contributed by atoms with E-state index in [0.29, 0.717) is 34.7 Å². The van der Waals surface area contributed by atoms with Crippen LogP contribution in [-0.4, -0.2) is 87.4 Å². The molecule has 3 fully saturated rings. The number of hydrogen-bond acceptors (Lipinski definition) is 10. The maximum Gasteiger partial charge on any atom is 0.230 e. The Morgan fingerprint density at radius 2 is 1.79 bits per heavy atom. The average Bonchev–Trinajstić information content (AvgIpc) is 2.95. The van der Waals surface area contributed by atoms with Crippen molar-refractivity contribution in [3.8, 4) is 23.2 Å². The highest BCUT2D eigenvalue weighted by Gasteiger charge is 2.30. The molecule has 0 atom stereocenters. The molecule has 10 nitrogen and oxygen atoms in total. The van der Waals surface area contributed by atoms with E-state index < -0.39 is 11.2 Å². The van der Waals surface area contributed by atoms with Crippen LogP contribution >= 0.6 is 0 Å². The van der Waals surface area contributed by atoms with Crippen LogP contribution in [0.3, 0.4) is 0 Å². The van der Waals surface area contributed by atoms with Crippen molar-refractivity contribution >= 4 is 28.5 Å². The van der Waals surface area contributed by atoms with Crippen LogP contribution in [-0.2, 0) is 15.9 Å². The standard InChI is InChI=1S/C28H32N7O3S/c29-16-21-15-20(1-6-26(21)38-25-7-13-39(36)14-8-25)27-30-19-31-28(33-27)32-22-2-4-23(5-3-22)34-9-11-35(12-10-34)24-17-37-18-24/h1-6,15,19,24-25,36H,7-14,17-18H2,(H,30,31,32,33)/q+1. The molecule has 0 radical (unpaired) electrons. The Morgan fingerprint density at radius 3 is 2.49 bits per heavy atom. The maximum atomic E-state index is 9.76. The molecule has 3 aliphatic heterocycles. The molecule has 3 aromatic rings. The van der Waals surface area contributed by atoms with Gasteiger partial charge in [-0.1, -0.05) is 0 Å². The van der Waals surface area contributed by atoms with Crippen molar-refractivity contribution < 1.29 is 14.0 Å². The molecule has 4 heterocycles. The largest absolute Gasteiger partial charge is 0.489 e. The molecule has 1 aromatic heterocycles. The number of aromatic nitrogens is 3. The van der Waals surface area contributed by atoms with Gasteiger partial charge in [-0.15, -0.1) is 0 Å². The number of nitrogens with one attached hydrogen (secondary N) is 1. The van der Waals surface area contributed by atoms with Crippen LogP contribution in [0.15, 0.2) is 48.8 Å². The molecule has 3 aliphatic rings. The summed E-state index contributed by atoms with van der Waals surface area (Å²) in [4.78, 5) is 18.1.